The van der Waals surface area contributed by atoms with Gasteiger partial charge in [0.05, 0.1) is 18.2 Å². The van der Waals surface area contributed by atoms with Crippen LogP contribution in [0.25, 0.3) is 0 Å². The van der Waals surface area contributed by atoms with Crippen molar-refractivity contribution in [3.63, 3.8) is 0 Å². The Morgan fingerprint density at radius 2 is 1.68 bits per heavy atom. The highest BCUT2D eigenvalue weighted by Crippen LogP contribution is 2.40. The van der Waals surface area contributed by atoms with Gasteiger partial charge >= 0.3 is 12.4 Å². The summed E-state index contributed by atoms with van der Waals surface area (Å²) >= 11 is 0. The molecule has 0 bridgehead atoms. The van der Waals surface area contributed by atoms with Gasteiger partial charge in [-0.15, -0.1) is 0 Å². The maximum absolute atomic E-state index is 12.8. The molecule has 8 heteroatoms. The number of nitrogens with zero attached hydrogens (tertiary/aromatic N) is 1. The maximum Gasteiger partial charge on any atom is 0.416 e. The first-order chi connectivity index (χ1) is 8.68. The molecule has 0 radical (unpaired) electrons. The van der Waals surface area contributed by atoms with Crippen molar-refractivity contribution in [2.75, 3.05) is 6.54 Å². The van der Waals surface area contributed by atoms with E-state index in [-0.39, 0.29) is 0 Å². The first-order valence-corrected chi connectivity index (χ1v) is 5.01. The fraction of sp³-hybridized carbons (Fsp3) is 0.364. The molecule has 0 aliphatic carbocycles. The maximum atomic E-state index is 12.8. The fourth-order valence-corrected chi connectivity index (χ4v) is 1.56. The Morgan fingerprint density at radius 3 is 2.16 bits per heavy atom. The molecule has 1 unspecified atom stereocenters. The van der Waals surface area contributed by atoms with Crippen molar-refractivity contribution >= 4 is 0 Å². The number of hydrogen-bond acceptors (Lipinski definition) is 2. The molecule has 0 heterocycles. The largest absolute Gasteiger partial charge is 0.416 e. The monoisotopic (exact) mass is 282 g/mol. The third kappa shape index (κ3) is 3.86. The van der Waals surface area contributed by atoms with Crippen LogP contribution < -0.4 is 5.32 Å². The average molecular weight is 282 g/mol. The molecule has 1 aromatic carbocycles. The molecular formula is C11H8F6N2. The summed E-state index contributed by atoms with van der Waals surface area (Å²) in [5.41, 5.74) is -2.32. The molecule has 19 heavy (non-hydrogen) atoms. The topological polar surface area (TPSA) is 35.8 Å². The minimum absolute atomic E-state index is 0.572. The van der Waals surface area contributed by atoms with Crippen LogP contribution >= 0.6 is 0 Å². The average Bonchev–Trinajstić information content (AvgIpc) is 2.27. The fourth-order valence-electron chi connectivity index (χ4n) is 1.56. The van der Waals surface area contributed by atoms with Gasteiger partial charge in [-0.1, -0.05) is 18.2 Å². The van der Waals surface area contributed by atoms with Crippen LogP contribution in [0.4, 0.5) is 26.3 Å². The molecule has 0 spiro atoms. The molecule has 1 rings (SSSR count). The van der Waals surface area contributed by atoms with Gasteiger partial charge in [0.2, 0.25) is 0 Å². The highest BCUT2D eigenvalue weighted by Gasteiger charge is 2.45. The van der Waals surface area contributed by atoms with Crippen LogP contribution in [0.5, 0.6) is 0 Å². The van der Waals surface area contributed by atoms with Gasteiger partial charge in [0.25, 0.3) is 0 Å². The van der Waals surface area contributed by atoms with Crippen molar-refractivity contribution < 1.29 is 26.3 Å². The standard InChI is InChI=1S/C11H8F6N2/c12-10(13,14)8-4-2-1-3-7(8)9(11(15,16)17)19-6-5-18/h1-4,9,19H,6H2. The van der Waals surface area contributed by atoms with Gasteiger partial charge in [0.1, 0.15) is 6.04 Å². The summed E-state index contributed by atoms with van der Waals surface area (Å²) in [6, 6.07) is 2.27. The molecule has 1 N–H and O–H groups in total. The minimum atomic E-state index is -4.93. The Bertz CT molecular complexity index is 471. The number of alkyl halides is 6. The lowest BCUT2D eigenvalue weighted by molar-refractivity contribution is -0.162. The molecule has 0 aliphatic rings. The van der Waals surface area contributed by atoms with Crippen LogP contribution in [-0.4, -0.2) is 12.7 Å². The first kappa shape index (κ1) is 15.3. The van der Waals surface area contributed by atoms with Gasteiger partial charge in [0.15, 0.2) is 0 Å². The Hall–Kier alpha value is -1.75. The van der Waals surface area contributed by atoms with Crippen molar-refractivity contribution in [2.45, 2.75) is 18.4 Å². The van der Waals surface area contributed by atoms with Crippen LogP contribution in [0.2, 0.25) is 0 Å². The molecular weight excluding hydrogens is 274 g/mol. The van der Waals surface area contributed by atoms with Gasteiger partial charge in [-0.25, -0.2) is 0 Å². The smallest absolute Gasteiger partial charge is 0.290 e. The van der Waals surface area contributed by atoms with E-state index < -0.39 is 36.1 Å². The molecule has 0 aliphatic heterocycles. The quantitative estimate of drug-likeness (QED) is 0.681. The highest BCUT2D eigenvalue weighted by atomic mass is 19.4. The first-order valence-electron chi connectivity index (χ1n) is 5.01. The van der Waals surface area contributed by atoms with E-state index in [0.29, 0.717) is 6.07 Å². The van der Waals surface area contributed by atoms with Crippen LogP contribution in [-0.2, 0) is 6.18 Å². The predicted molar refractivity (Wildman–Crippen MR) is 53.9 cm³/mol. The molecule has 1 atom stereocenters. The molecule has 0 fully saturated rings. The van der Waals surface area contributed by atoms with Crippen molar-refractivity contribution in [3.8, 4) is 6.07 Å². The number of hydrogen-bond donors (Lipinski definition) is 1. The van der Waals surface area contributed by atoms with E-state index in [1.807, 2.05) is 0 Å². The number of nitriles is 1. The van der Waals surface area contributed by atoms with E-state index in [9.17, 15) is 26.3 Å². The zero-order valence-corrected chi connectivity index (χ0v) is 9.31. The molecule has 0 aromatic heterocycles. The van der Waals surface area contributed by atoms with E-state index in [0.717, 1.165) is 18.2 Å². The van der Waals surface area contributed by atoms with Crippen molar-refractivity contribution in [2.24, 2.45) is 0 Å². The predicted octanol–water partition coefficient (Wildman–Crippen LogP) is 3.42. The molecule has 1 aromatic rings. The summed E-state index contributed by atoms with van der Waals surface area (Å²) in [6.07, 6.45) is -9.83. The van der Waals surface area contributed by atoms with Crippen molar-refractivity contribution in [1.29, 1.82) is 5.26 Å². The van der Waals surface area contributed by atoms with Crippen LogP contribution in [0.3, 0.4) is 0 Å². The number of benzene rings is 1. The zero-order chi connectivity index (χ0) is 14.7. The minimum Gasteiger partial charge on any atom is -0.290 e. The molecule has 0 amide bonds. The molecule has 104 valence electrons. The SMILES string of the molecule is N#CCNC(c1ccccc1C(F)(F)F)C(F)(F)F. The van der Waals surface area contributed by atoms with E-state index >= 15 is 0 Å². The van der Waals surface area contributed by atoms with Gasteiger partial charge in [-0.3, -0.25) is 5.32 Å². The van der Waals surface area contributed by atoms with Crippen LogP contribution in [0.1, 0.15) is 17.2 Å². The van der Waals surface area contributed by atoms with Gasteiger partial charge in [-0.2, -0.15) is 31.6 Å². The third-order valence-corrected chi connectivity index (χ3v) is 2.29. The Labute approximate surface area is 104 Å². The second-order valence-electron chi connectivity index (χ2n) is 3.60. The lowest BCUT2D eigenvalue weighted by Gasteiger charge is -2.24. The van der Waals surface area contributed by atoms with Gasteiger partial charge < -0.3 is 0 Å². The summed E-state index contributed by atoms with van der Waals surface area (Å²) in [5, 5.41) is 10.0. The number of nitrogens with one attached hydrogen (secondary N) is 1. The number of halogens is 6. The summed E-state index contributed by atoms with van der Waals surface area (Å²) in [4.78, 5) is 0. The lowest BCUT2D eigenvalue weighted by atomic mass is 9.99. The highest BCUT2D eigenvalue weighted by molar-refractivity contribution is 5.33. The zero-order valence-electron chi connectivity index (χ0n) is 9.31. The normalized spacial score (nSPS) is 13.9. The van der Waals surface area contributed by atoms with E-state index in [1.165, 1.54) is 6.07 Å². The van der Waals surface area contributed by atoms with E-state index in [2.05, 4.69) is 0 Å². The third-order valence-electron chi connectivity index (χ3n) is 2.29. The molecule has 0 saturated heterocycles. The van der Waals surface area contributed by atoms with Crippen molar-refractivity contribution in [1.82, 2.24) is 5.32 Å². The summed E-state index contributed by atoms with van der Waals surface area (Å²) in [5.74, 6) is 0. The second kappa shape index (κ2) is 5.48. The Morgan fingerprint density at radius 1 is 1.11 bits per heavy atom. The molecule has 0 saturated carbocycles. The summed E-state index contributed by atoms with van der Waals surface area (Å²) in [6.45, 7) is -0.712. The van der Waals surface area contributed by atoms with Gasteiger partial charge in [0, 0.05) is 0 Å². The summed E-state index contributed by atoms with van der Waals surface area (Å²) < 4.78 is 76.3. The van der Waals surface area contributed by atoms with Crippen LogP contribution in [0, 0.1) is 11.3 Å². The van der Waals surface area contributed by atoms with E-state index in [1.54, 1.807) is 5.32 Å². The number of rotatable bonds is 3. The molecule has 2 nitrogen and oxygen atoms in total. The Balaban J connectivity index is 3.28. The second-order valence-corrected chi connectivity index (χ2v) is 3.60. The lowest BCUT2D eigenvalue weighted by Crippen LogP contribution is -2.35. The Kier molecular flexibility index (Phi) is 4.42. The van der Waals surface area contributed by atoms with Gasteiger partial charge in [-0.05, 0) is 11.6 Å². The van der Waals surface area contributed by atoms with Crippen molar-refractivity contribution in [3.05, 3.63) is 35.4 Å². The summed E-state index contributed by atoms with van der Waals surface area (Å²) in [7, 11) is 0. The van der Waals surface area contributed by atoms with E-state index in [4.69, 9.17) is 5.26 Å². The van der Waals surface area contributed by atoms with Crippen LogP contribution in [0.15, 0.2) is 24.3 Å².